The molecule has 2 atom stereocenters. The Balaban J connectivity index is 1.51. The van der Waals surface area contributed by atoms with Crippen molar-refractivity contribution in [1.82, 2.24) is 30.8 Å². The fraction of sp³-hybridized carbons (Fsp3) is 0.269. The van der Waals surface area contributed by atoms with Crippen LogP contribution in [0.5, 0.6) is 0 Å². The summed E-state index contributed by atoms with van der Waals surface area (Å²) in [5.74, 6) is -1.48. The molecule has 0 saturated carbocycles. The second-order valence-corrected chi connectivity index (χ2v) is 9.61. The Morgan fingerprint density at radius 3 is 2.77 bits per heavy atom. The van der Waals surface area contributed by atoms with Gasteiger partial charge in [0.15, 0.2) is 0 Å². The summed E-state index contributed by atoms with van der Waals surface area (Å²) < 4.78 is 1.50. The SMILES string of the molecule is CC1/C=C/CC(C(=O)NCCc2cc(Cl)ccc2-n2cnnn2)NC(=O)c2ccc(NC(=O)O)cc2NC(=O)C1. The standard InChI is InChI=1S/C26H27ClN8O5/c1-15-3-2-4-20(25(38)28-10-9-16-12-17(27)5-8-22(16)35-14-29-33-34-35)32-24(37)19-7-6-18(30-26(39)40)13-21(19)31-23(36)11-15/h2-3,5-8,12-15,20,30H,4,9-11H2,1H3,(H,28,38)(H,31,36)(H,32,37)(H,39,40)/b3-2+. The first kappa shape index (κ1) is 28.2. The molecular formula is C26H27ClN8O5. The minimum atomic E-state index is -1.29. The molecule has 13 nitrogen and oxygen atoms in total. The number of amides is 4. The number of hydrogen-bond donors (Lipinski definition) is 5. The van der Waals surface area contributed by atoms with E-state index < -0.39 is 23.9 Å². The van der Waals surface area contributed by atoms with Crippen molar-refractivity contribution in [3.63, 3.8) is 0 Å². The maximum Gasteiger partial charge on any atom is 0.409 e. The Hall–Kier alpha value is -4.78. The van der Waals surface area contributed by atoms with Gasteiger partial charge in [0.1, 0.15) is 12.4 Å². The number of aromatic nitrogens is 4. The predicted molar refractivity (Wildman–Crippen MR) is 146 cm³/mol. The van der Waals surface area contributed by atoms with Gasteiger partial charge in [0.05, 0.1) is 16.9 Å². The van der Waals surface area contributed by atoms with Crippen molar-refractivity contribution in [3.8, 4) is 5.69 Å². The quantitative estimate of drug-likeness (QED) is 0.282. The smallest absolute Gasteiger partial charge is 0.409 e. The van der Waals surface area contributed by atoms with Crippen LogP contribution in [0.25, 0.3) is 5.69 Å². The lowest BCUT2D eigenvalue weighted by atomic mass is 10.0. The van der Waals surface area contributed by atoms with Crippen LogP contribution in [-0.2, 0) is 16.0 Å². The van der Waals surface area contributed by atoms with Crippen LogP contribution in [0.15, 0.2) is 54.9 Å². The van der Waals surface area contributed by atoms with E-state index in [0.717, 1.165) is 11.3 Å². The van der Waals surface area contributed by atoms with Crippen LogP contribution in [0.1, 0.15) is 35.7 Å². The summed E-state index contributed by atoms with van der Waals surface area (Å²) in [4.78, 5) is 50.0. The summed E-state index contributed by atoms with van der Waals surface area (Å²) >= 11 is 6.18. The molecule has 2 aromatic carbocycles. The maximum absolute atomic E-state index is 13.2. The lowest BCUT2D eigenvalue weighted by Crippen LogP contribution is -2.47. The van der Waals surface area contributed by atoms with Crippen molar-refractivity contribution >= 4 is 46.8 Å². The van der Waals surface area contributed by atoms with Crippen LogP contribution in [0.2, 0.25) is 5.02 Å². The molecule has 0 saturated heterocycles. The average Bonchev–Trinajstić information content (AvgIpc) is 3.42. The number of tetrazole rings is 1. The van der Waals surface area contributed by atoms with Crippen LogP contribution in [0.3, 0.4) is 0 Å². The first-order valence-electron chi connectivity index (χ1n) is 12.4. The van der Waals surface area contributed by atoms with E-state index in [-0.39, 0.29) is 48.1 Å². The van der Waals surface area contributed by atoms with E-state index in [1.807, 2.05) is 6.92 Å². The zero-order chi connectivity index (χ0) is 28.6. The Morgan fingerprint density at radius 2 is 2.02 bits per heavy atom. The number of hydrogen-bond acceptors (Lipinski definition) is 7. The van der Waals surface area contributed by atoms with Crippen molar-refractivity contribution in [2.75, 3.05) is 17.2 Å². The van der Waals surface area contributed by atoms with E-state index >= 15 is 0 Å². The minimum Gasteiger partial charge on any atom is -0.465 e. The zero-order valence-corrected chi connectivity index (χ0v) is 22.2. The molecule has 0 spiro atoms. The molecule has 2 unspecified atom stereocenters. The van der Waals surface area contributed by atoms with Crippen LogP contribution in [0.4, 0.5) is 16.2 Å². The molecule has 14 heteroatoms. The molecule has 40 heavy (non-hydrogen) atoms. The highest BCUT2D eigenvalue weighted by Gasteiger charge is 2.24. The van der Waals surface area contributed by atoms with Gasteiger partial charge in [0, 0.05) is 23.7 Å². The van der Waals surface area contributed by atoms with Crippen molar-refractivity contribution in [2.24, 2.45) is 5.92 Å². The monoisotopic (exact) mass is 566 g/mol. The van der Waals surface area contributed by atoms with Gasteiger partial charge in [0.2, 0.25) is 11.8 Å². The van der Waals surface area contributed by atoms with Gasteiger partial charge in [-0.1, -0.05) is 30.7 Å². The van der Waals surface area contributed by atoms with Crippen LogP contribution >= 0.6 is 11.6 Å². The number of carbonyl (C=O) groups is 4. The second kappa shape index (κ2) is 12.8. The molecule has 0 aliphatic carbocycles. The molecule has 0 fully saturated rings. The third-order valence-corrected chi connectivity index (χ3v) is 6.32. The van der Waals surface area contributed by atoms with Crippen LogP contribution < -0.4 is 21.3 Å². The number of rotatable bonds is 6. The summed E-state index contributed by atoms with van der Waals surface area (Å²) in [5, 5.41) is 31.2. The van der Waals surface area contributed by atoms with Crippen molar-refractivity contribution in [1.29, 1.82) is 0 Å². The Kier molecular flexibility index (Phi) is 9.07. The Labute approximate surface area is 234 Å². The van der Waals surface area contributed by atoms with Crippen molar-refractivity contribution in [3.05, 3.63) is 71.0 Å². The van der Waals surface area contributed by atoms with Crippen molar-refractivity contribution < 1.29 is 24.3 Å². The Bertz CT molecular complexity index is 1440. The molecule has 3 aromatic rings. The third-order valence-electron chi connectivity index (χ3n) is 6.09. The molecule has 1 aromatic heterocycles. The number of allylic oxidation sites excluding steroid dienone is 1. The van der Waals surface area contributed by atoms with Crippen LogP contribution in [0, 0.1) is 5.92 Å². The predicted octanol–water partition coefficient (Wildman–Crippen LogP) is 2.79. The summed E-state index contributed by atoms with van der Waals surface area (Å²) in [7, 11) is 0. The summed E-state index contributed by atoms with van der Waals surface area (Å²) in [6.45, 7) is 2.10. The van der Waals surface area contributed by atoms with E-state index in [0.29, 0.717) is 11.4 Å². The average molecular weight is 567 g/mol. The van der Waals surface area contributed by atoms with Gasteiger partial charge in [-0.25, -0.2) is 9.48 Å². The molecule has 2 heterocycles. The number of anilines is 2. The number of nitrogens with one attached hydrogen (secondary N) is 4. The fourth-order valence-electron chi connectivity index (χ4n) is 4.22. The van der Waals surface area contributed by atoms with Crippen LogP contribution in [-0.4, -0.2) is 61.7 Å². The fourth-order valence-corrected chi connectivity index (χ4v) is 4.41. The highest BCUT2D eigenvalue weighted by Crippen LogP contribution is 2.23. The Morgan fingerprint density at radius 1 is 1.20 bits per heavy atom. The molecule has 4 amide bonds. The molecule has 4 rings (SSSR count). The highest BCUT2D eigenvalue weighted by atomic mass is 35.5. The third kappa shape index (κ3) is 7.41. The molecule has 0 bridgehead atoms. The zero-order valence-electron chi connectivity index (χ0n) is 21.4. The molecular weight excluding hydrogens is 540 g/mol. The molecule has 5 N–H and O–H groups in total. The lowest BCUT2D eigenvalue weighted by molar-refractivity contribution is -0.123. The van der Waals surface area contributed by atoms with E-state index in [9.17, 15) is 19.2 Å². The van der Waals surface area contributed by atoms with Gasteiger partial charge in [-0.05, 0) is 71.1 Å². The second-order valence-electron chi connectivity index (χ2n) is 9.18. The first-order chi connectivity index (χ1) is 19.2. The number of halogens is 1. The van der Waals surface area contributed by atoms with E-state index in [4.69, 9.17) is 16.7 Å². The number of nitrogens with zero attached hydrogens (tertiary/aromatic N) is 4. The van der Waals surface area contributed by atoms with E-state index in [2.05, 4.69) is 36.8 Å². The van der Waals surface area contributed by atoms with Gasteiger partial charge in [-0.15, -0.1) is 5.10 Å². The number of fused-ring (bicyclic) bond motifs is 1. The highest BCUT2D eigenvalue weighted by molar-refractivity contribution is 6.30. The largest absolute Gasteiger partial charge is 0.465 e. The van der Waals surface area contributed by atoms with E-state index in [1.165, 1.54) is 29.2 Å². The van der Waals surface area contributed by atoms with Gasteiger partial charge in [-0.3, -0.25) is 19.7 Å². The minimum absolute atomic E-state index is 0.0873. The topological polar surface area (TPSA) is 180 Å². The molecule has 1 aliphatic rings. The molecule has 208 valence electrons. The van der Waals surface area contributed by atoms with Gasteiger partial charge in [0.25, 0.3) is 5.91 Å². The summed E-state index contributed by atoms with van der Waals surface area (Å²) in [6.07, 6.45) is 4.49. The van der Waals surface area contributed by atoms with Crippen molar-refractivity contribution in [2.45, 2.75) is 32.2 Å². The van der Waals surface area contributed by atoms with Gasteiger partial charge < -0.3 is 21.1 Å². The number of carboxylic acid groups (broad SMARTS) is 1. The first-order valence-corrected chi connectivity index (χ1v) is 12.8. The molecule has 1 aliphatic heterocycles. The summed E-state index contributed by atoms with van der Waals surface area (Å²) in [6, 6.07) is 8.50. The van der Waals surface area contributed by atoms with Gasteiger partial charge in [-0.2, -0.15) is 0 Å². The van der Waals surface area contributed by atoms with E-state index in [1.54, 1.807) is 30.4 Å². The maximum atomic E-state index is 13.2. The van der Waals surface area contributed by atoms with Gasteiger partial charge >= 0.3 is 6.09 Å². The molecule has 0 radical (unpaired) electrons. The normalized spacial score (nSPS) is 18.2. The number of benzene rings is 2. The number of carbonyl (C=O) groups excluding carboxylic acids is 3. The lowest BCUT2D eigenvalue weighted by Gasteiger charge is -2.20. The summed E-state index contributed by atoms with van der Waals surface area (Å²) in [5.41, 5.74) is 1.92.